The highest BCUT2D eigenvalue weighted by molar-refractivity contribution is 6.01. The summed E-state index contributed by atoms with van der Waals surface area (Å²) >= 11 is 0. The lowest BCUT2D eigenvalue weighted by molar-refractivity contribution is -0.241. The maximum absolute atomic E-state index is 12.4. The molecule has 0 heterocycles. The number of esters is 1. The minimum atomic E-state index is -0.598. The quantitative estimate of drug-likeness (QED) is 0.148. The molecule has 0 amide bonds. The molecule has 0 aromatic rings. The average molecular weight is 551 g/mol. The Morgan fingerprint density at radius 1 is 0.775 bits per heavy atom. The SMILES string of the molecule is CCOC(=O)C#CC(=O)CC[C@@H](C)[C@H]1CC[C@]2(C)[C@H]3CC[C@@H]4[C@@]5(C)CCCC(C)(C)C5CC[C@@]4(C)[C@]3(C)CC[C@@H]12. The Morgan fingerprint density at radius 2 is 1.43 bits per heavy atom. The second kappa shape index (κ2) is 10.5. The number of Topliss-reactive ketones (excluding diaryl/α,β-unsaturated/α-hetero) is 1. The number of hydrogen-bond donors (Lipinski definition) is 0. The molecule has 5 aliphatic rings. The third-order valence-corrected chi connectivity index (χ3v) is 14.9. The van der Waals surface area contributed by atoms with Crippen molar-refractivity contribution in [3.8, 4) is 11.8 Å². The van der Waals surface area contributed by atoms with Gasteiger partial charge in [-0.15, -0.1) is 0 Å². The number of fused-ring (bicyclic) bond motifs is 7. The van der Waals surface area contributed by atoms with Crippen LogP contribution in [0.25, 0.3) is 0 Å². The minimum Gasteiger partial charge on any atom is -0.456 e. The molecule has 0 saturated heterocycles. The molecule has 0 spiro atoms. The molecular weight excluding hydrogens is 492 g/mol. The number of ketones is 1. The standard InChI is InChI=1S/C37H58O3/c1-9-40-32(39)16-13-26(38)12-11-25(2)27-17-22-34(5)28(27)18-23-36(7)30(34)14-15-31-35(6)21-10-20-33(3,4)29(35)19-24-37(31,36)8/h25,27-31H,9-12,14-15,17-24H2,1-8H3/t25-,27-,28+,29?,30-,31-,34+,35+,36-,37-/m1/s1. The van der Waals surface area contributed by atoms with Crippen molar-refractivity contribution in [3.63, 3.8) is 0 Å². The van der Waals surface area contributed by atoms with E-state index in [-0.39, 0.29) is 5.78 Å². The van der Waals surface area contributed by atoms with E-state index in [4.69, 9.17) is 4.74 Å². The summed E-state index contributed by atoms with van der Waals surface area (Å²) in [6.45, 7) is 20.5. The number of rotatable bonds is 5. The van der Waals surface area contributed by atoms with Crippen LogP contribution in [0.4, 0.5) is 0 Å². The molecule has 1 unspecified atom stereocenters. The lowest BCUT2D eigenvalue weighted by atomic mass is 9.32. The number of hydrogen-bond acceptors (Lipinski definition) is 3. The van der Waals surface area contributed by atoms with Gasteiger partial charge in [-0.2, -0.15) is 0 Å². The van der Waals surface area contributed by atoms with Gasteiger partial charge in [-0.3, -0.25) is 4.79 Å². The summed E-state index contributed by atoms with van der Waals surface area (Å²) in [4.78, 5) is 23.9. The highest BCUT2D eigenvalue weighted by Gasteiger charge is 2.70. The summed E-state index contributed by atoms with van der Waals surface area (Å²) in [6, 6.07) is 0. The third-order valence-electron chi connectivity index (χ3n) is 14.9. The van der Waals surface area contributed by atoms with Gasteiger partial charge in [0.2, 0.25) is 5.78 Å². The van der Waals surface area contributed by atoms with Crippen LogP contribution in [-0.4, -0.2) is 18.4 Å². The second-order valence-corrected chi connectivity index (χ2v) is 16.7. The van der Waals surface area contributed by atoms with Crippen LogP contribution in [0.15, 0.2) is 0 Å². The van der Waals surface area contributed by atoms with E-state index in [1.165, 1.54) is 70.6 Å². The molecule has 40 heavy (non-hydrogen) atoms. The van der Waals surface area contributed by atoms with E-state index in [1.807, 2.05) is 0 Å². The zero-order valence-electron chi connectivity index (χ0n) is 27.1. The van der Waals surface area contributed by atoms with Gasteiger partial charge in [0.05, 0.1) is 6.61 Å². The van der Waals surface area contributed by atoms with Crippen LogP contribution in [0, 0.1) is 74.4 Å². The van der Waals surface area contributed by atoms with Crippen LogP contribution in [0.2, 0.25) is 0 Å². The Balaban J connectivity index is 1.30. The molecule has 0 bridgehead atoms. The lowest BCUT2D eigenvalue weighted by Gasteiger charge is -2.73. The first-order valence-corrected chi connectivity index (χ1v) is 16.9. The Morgan fingerprint density at radius 3 is 2.10 bits per heavy atom. The topological polar surface area (TPSA) is 43.4 Å². The Bertz CT molecular complexity index is 1060. The van der Waals surface area contributed by atoms with E-state index < -0.39 is 5.97 Å². The Kier molecular flexibility index (Phi) is 7.88. The van der Waals surface area contributed by atoms with E-state index in [1.54, 1.807) is 6.92 Å². The third kappa shape index (κ3) is 4.52. The van der Waals surface area contributed by atoms with Crippen LogP contribution < -0.4 is 0 Å². The molecule has 5 fully saturated rings. The van der Waals surface area contributed by atoms with Crippen molar-refractivity contribution < 1.29 is 14.3 Å². The maximum atomic E-state index is 12.4. The largest absolute Gasteiger partial charge is 0.456 e. The predicted molar refractivity (Wildman–Crippen MR) is 162 cm³/mol. The fourth-order valence-corrected chi connectivity index (χ4v) is 12.9. The van der Waals surface area contributed by atoms with Gasteiger partial charge in [-0.25, -0.2) is 4.79 Å². The maximum Gasteiger partial charge on any atom is 0.384 e. The fourth-order valence-electron chi connectivity index (χ4n) is 12.9. The first-order valence-electron chi connectivity index (χ1n) is 16.9. The molecular formula is C37H58O3. The summed E-state index contributed by atoms with van der Waals surface area (Å²) in [7, 11) is 0. The highest BCUT2D eigenvalue weighted by atomic mass is 16.5. The van der Waals surface area contributed by atoms with Crippen molar-refractivity contribution in [2.24, 2.45) is 62.6 Å². The summed E-state index contributed by atoms with van der Waals surface area (Å²) in [5.74, 6) is 8.74. The second-order valence-electron chi connectivity index (χ2n) is 16.7. The molecule has 0 radical (unpaired) electrons. The van der Waals surface area contributed by atoms with Gasteiger partial charge in [0.25, 0.3) is 0 Å². The minimum absolute atomic E-state index is 0.127. The molecule has 224 valence electrons. The molecule has 5 saturated carbocycles. The van der Waals surface area contributed by atoms with Crippen LogP contribution in [-0.2, 0) is 14.3 Å². The van der Waals surface area contributed by atoms with Crippen LogP contribution >= 0.6 is 0 Å². The van der Waals surface area contributed by atoms with E-state index in [0.29, 0.717) is 51.9 Å². The van der Waals surface area contributed by atoms with Gasteiger partial charge in [0, 0.05) is 12.3 Å². The van der Waals surface area contributed by atoms with Gasteiger partial charge in [-0.1, -0.05) is 54.9 Å². The van der Waals surface area contributed by atoms with Gasteiger partial charge in [0.1, 0.15) is 0 Å². The van der Waals surface area contributed by atoms with Crippen LogP contribution in [0.1, 0.15) is 139 Å². The van der Waals surface area contributed by atoms with Gasteiger partial charge in [-0.05, 0) is 146 Å². The number of carbonyl (C=O) groups is 2. The fraction of sp³-hybridized carbons (Fsp3) is 0.892. The summed E-state index contributed by atoms with van der Waals surface area (Å²) in [5.41, 5.74) is 2.33. The number of carbonyl (C=O) groups excluding carboxylic acids is 2. The van der Waals surface area contributed by atoms with Gasteiger partial charge in [0.15, 0.2) is 0 Å². The van der Waals surface area contributed by atoms with Crippen molar-refractivity contribution in [2.75, 3.05) is 6.61 Å². The zero-order chi connectivity index (χ0) is 29.1. The van der Waals surface area contributed by atoms with Crippen molar-refractivity contribution >= 4 is 11.8 Å². The smallest absolute Gasteiger partial charge is 0.384 e. The Labute approximate surface area is 245 Å². The zero-order valence-corrected chi connectivity index (χ0v) is 27.1. The molecule has 5 rings (SSSR count). The first kappa shape index (κ1) is 30.2. The first-order chi connectivity index (χ1) is 18.7. The number of ether oxygens (including phenoxy) is 1. The summed E-state index contributed by atoms with van der Waals surface area (Å²) in [5, 5.41) is 0. The molecule has 3 nitrogen and oxygen atoms in total. The normalized spacial score (nSPS) is 46.0. The van der Waals surface area contributed by atoms with E-state index >= 15 is 0 Å². The highest BCUT2D eigenvalue weighted by Crippen LogP contribution is 2.78. The van der Waals surface area contributed by atoms with Gasteiger partial charge >= 0.3 is 5.97 Å². The van der Waals surface area contributed by atoms with Crippen molar-refractivity contribution in [1.29, 1.82) is 0 Å². The lowest BCUT2D eigenvalue weighted by Crippen LogP contribution is -2.65. The van der Waals surface area contributed by atoms with Crippen molar-refractivity contribution in [2.45, 2.75) is 139 Å². The predicted octanol–water partition coefficient (Wildman–Crippen LogP) is 9.03. The molecule has 0 N–H and O–H groups in total. The van der Waals surface area contributed by atoms with Crippen molar-refractivity contribution in [3.05, 3.63) is 0 Å². The van der Waals surface area contributed by atoms with Crippen LogP contribution in [0.5, 0.6) is 0 Å². The monoisotopic (exact) mass is 550 g/mol. The molecule has 0 aromatic heterocycles. The summed E-state index contributed by atoms with van der Waals surface area (Å²) < 4.78 is 4.84. The van der Waals surface area contributed by atoms with E-state index in [0.717, 1.165) is 30.1 Å². The Hall–Kier alpha value is -1.30. The van der Waals surface area contributed by atoms with Gasteiger partial charge < -0.3 is 4.74 Å². The van der Waals surface area contributed by atoms with Crippen LogP contribution in [0.3, 0.4) is 0 Å². The molecule has 3 heteroatoms. The molecule has 5 aliphatic carbocycles. The molecule has 0 aliphatic heterocycles. The molecule has 10 atom stereocenters. The average Bonchev–Trinajstić information content (AvgIpc) is 3.23. The van der Waals surface area contributed by atoms with Crippen molar-refractivity contribution in [1.82, 2.24) is 0 Å². The van der Waals surface area contributed by atoms with E-state index in [2.05, 4.69) is 60.3 Å². The summed E-state index contributed by atoms with van der Waals surface area (Å²) in [6.07, 6.45) is 16.8. The van der Waals surface area contributed by atoms with E-state index in [9.17, 15) is 9.59 Å². The molecule has 0 aromatic carbocycles.